The predicted molar refractivity (Wildman–Crippen MR) is 91.4 cm³/mol. The Balaban J connectivity index is 2.18. The van der Waals surface area contributed by atoms with E-state index in [0.29, 0.717) is 6.54 Å². The summed E-state index contributed by atoms with van der Waals surface area (Å²) in [6.45, 7) is 4.71. The number of hydrogen-bond acceptors (Lipinski definition) is 3. The Morgan fingerprint density at radius 1 is 1.35 bits per heavy atom. The third-order valence-corrected chi connectivity index (χ3v) is 4.54. The molecule has 1 aromatic rings. The van der Waals surface area contributed by atoms with E-state index in [1.165, 1.54) is 9.27 Å². The molecule has 1 heterocycles. The fourth-order valence-electron chi connectivity index (χ4n) is 2.21. The van der Waals surface area contributed by atoms with E-state index in [2.05, 4.69) is 58.7 Å². The van der Waals surface area contributed by atoms with Crippen molar-refractivity contribution < 1.29 is 4.74 Å². The first-order valence-corrected chi connectivity index (χ1v) is 8.07. The molecule has 0 unspecified atom stereocenters. The molecule has 108 valence electrons. The van der Waals surface area contributed by atoms with E-state index in [4.69, 9.17) is 10.5 Å². The van der Waals surface area contributed by atoms with Crippen molar-refractivity contribution in [1.29, 1.82) is 0 Å². The number of ether oxygens (including phenoxy) is 1. The van der Waals surface area contributed by atoms with Crippen LogP contribution in [0.3, 0.4) is 0 Å². The molecule has 0 spiro atoms. The summed E-state index contributed by atoms with van der Waals surface area (Å²) >= 11 is 2.36. The van der Waals surface area contributed by atoms with Gasteiger partial charge in [0.05, 0.1) is 0 Å². The zero-order chi connectivity index (χ0) is 14.4. The second-order valence-corrected chi connectivity index (χ2v) is 5.71. The molecule has 3 nitrogen and oxygen atoms in total. The van der Waals surface area contributed by atoms with Gasteiger partial charge < -0.3 is 15.4 Å². The molecular weight excluding hydrogens is 363 g/mol. The van der Waals surface area contributed by atoms with Crippen LogP contribution in [-0.4, -0.2) is 24.5 Å². The normalized spacial score (nSPS) is 16.4. The lowest BCUT2D eigenvalue weighted by atomic mass is 10.1. The van der Waals surface area contributed by atoms with Gasteiger partial charge in [0.25, 0.3) is 0 Å². The van der Waals surface area contributed by atoms with E-state index >= 15 is 0 Å². The van der Waals surface area contributed by atoms with Gasteiger partial charge in [-0.1, -0.05) is 36.4 Å². The van der Waals surface area contributed by atoms with Crippen molar-refractivity contribution in [3.63, 3.8) is 0 Å². The van der Waals surface area contributed by atoms with Crippen LogP contribution in [0, 0.1) is 0 Å². The highest BCUT2D eigenvalue weighted by Crippen LogP contribution is 2.30. The molecule has 2 N–H and O–H groups in total. The van der Waals surface area contributed by atoms with Gasteiger partial charge in [-0.15, -0.1) is 0 Å². The Kier molecular flexibility index (Phi) is 5.91. The first-order chi connectivity index (χ1) is 9.76. The number of halogens is 1. The minimum atomic E-state index is 0.0161. The van der Waals surface area contributed by atoms with Crippen molar-refractivity contribution in [2.24, 2.45) is 5.73 Å². The van der Waals surface area contributed by atoms with Crippen LogP contribution in [0.2, 0.25) is 0 Å². The Morgan fingerprint density at radius 3 is 2.75 bits per heavy atom. The summed E-state index contributed by atoms with van der Waals surface area (Å²) < 4.78 is 7.40. The van der Waals surface area contributed by atoms with E-state index in [1.807, 2.05) is 18.2 Å². The molecule has 0 radical (unpaired) electrons. The molecule has 1 aliphatic rings. The van der Waals surface area contributed by atoms with Crippen LogP contribution in [0.25, 0.3) is 0 Å². The molecule has 1 atom stereocenters. The largest absolute Gasteiger partial charge is 0.483 e. The third-order valence-electron chi connectivity index (χ3n) is 3.33. The molecule has 0 saturated heterocycles. The van der Waals surface area contributed by atoms with Gasteiger partial charge in [-0.2, -0.15) is 0 Å². The molecule has 1 aliphatic heterocycles. The van der Waals surface area contributed by atoms with Gasteiger partial charge in [-0.05, 0) is 47.7 Å². The van der Waals surface area contributed by atoms with Crippen LogP contribution in [0.4, 0.5) is 0 Å². The summed E-state index contributed by atoms with van der Waals surface area (Å²) in [7, 11) is 0. The van der Waals surface area contributed by atoms with Crippen LogP contribution in [0.5, 0.6) is 0 Å². The lowest BCUT2D eigenvalue weighted by molar-refractivity contribution is 0.113. The zero-order valence-corrected chi connectivity index (χ0v) is 13.9. The summed E-state index contributed by atoms with van der Waals surface area (Å²) in [5, 5.41) is 0. The van der Waals surface area contributed by atoms with Gasteiger partial charge in [0.1, 0.15) is 15.6 Å². The molecule has 0 aromatic heterocycles. The SMILES string of the molecule is CCN1CC=CC(O[C@H](CCN)c2ccccc2)=C1I. The van der Waals surface area contributed by atoms with Crippen LogP contribution in [0.15, 0.2) is 51.9 Å². The molecule has 0 amide bonds. The predicted octanol–water partition coefficient (Wildman–Crippen LogP) is 3.59. The van der Waals surface area contributed by atoms with Gasteiger partial charge in [-0.25, -0.2) is 0 Å². The van der Waals surface area contributed by atoms with Gasteiger partial charge in [-0.3, -0.25) is 0 Å². The number of nitrogens with zero attached hydrogens (tertiary/aromatic N) is 1. The number of allylic oxidation sites excluding steroid dienone is 1. The van der Waals surface area contributed by atoms with Gasteiger partial charge in [0, 0.05) is 19.5 Å². The van der Waals surface area contributed by atoms with Crippen molar-refractivity contribution in [3.8, 4) is 0 Å². The smallest absolute Gasteiger partial charge is 0.149 e. The molecule has 20 heavy (non-hydrogen) atoms. The Hall–Kier alpha value is -1.01. The molecule has 0 bridgehead atoms. The third kappa shape index (κ3) is 3.76. The maximum atomic E-state index is 6.23. The fourth-order valence-corrected chi connectivity index (χ4v) is 3.06. The Morgan fingerprint density at radius 2 is 2.10 bits per heavy atom. The second kappa shape index (κ2) is 7.69. The topological polar surface area (TPSA) is 38.5 Å². The van der Waals surface area contributed by atoms with Crippen LogP contribution < -0.4 is 5.73 Å². The quantitative estimate of drug-likeness (QED) is 0.602. The van der Waals surface area contributed by atoms with E-state index in [-0.39, 0.29) is 6.10 Å². The maximum absolute atomic E-state index is 6.23. The molecule has 2 rings (SSSR count). The van der Waals surface area contributed by atoms with Crippen LogP contribution in [0.1, 0.15) is 25.0 Å². The minimum absolute atomic E-state index is 0.0161. The summed E-state index contributed by atoms with van der Waals surface area (Å²) in [6, 6.07) is 10.3. The zero-order valence-electron chi connectivity index (χ0n) is 11.8. The summed E-state index contributed by atoms with van der Waals surface area (Å²) in [5.41, 5.74) is 6.91. The minimum Gasteiger partial charge on any atom is -0.483 e. The average molecular weight is 384 g/mol. The lowest BCUT2D eigenvalue weighted by Crippen LogP contribution is -2.24. The molecule has 4 heteroatoms. The highest BCUT2D eigenvalue weighted by Gasteiger charge is 2.18. The van der Waals surface area contributed by atoms with E-state index in [1.54, 1.807) is 0 Å². The van der Waals surface area contributed by atoms with Gasteiger partial charge in [0.2, 0.25) is 0 Å². The standard InChI is InChI=1S/C16H21IN2O/c1-2-19-12-6-9-15(16(19)17)20-14(10-11-18)13-7-4-3-5-8-13/h3-9,14H,2,10-12,18H2,1H3/t14-/m1/s1. The molecular formula is C16H21IN2O. The number of likely N-dealkylation sites (N-methyl/N-ethyl adjacent to an activating group) is 1. The van der Waals surface area contributed by atoms with Crippen molar-refractivity contribution in [2.45, 2.75) is 19.4 Å². The highest BCUT2D eigenvalue weighted by molar-refractivity contribution is 14.1. The van der Waals surface area contributed by atoms with Crippen molar-refractivity contribution in [2.75, 3.05) is 19.6 Å². The molecule has 0 fully saturated rings. The van der Waals surface area contributed by atoms with Crippen molar-refractivity contribution >= 4 is 22.6 Å². The molecule has 0 aliphatic carbocycles. The average Bonchev–Trinajstić information content (AvgIpc) is 2.49. The number of hydrogen-bond donors (Lipinski definition) is 1. The van der Waals surface area contributed by atoms with Crippen molar-refractivity contribution in [3.05, 3.63) is 57.5 Å². The first-order valence-electron chi connectivity index (χ1n) is 6.99. The van der Waals surface area contributed by atoms with E-state index < -0.39 is 0 Å². The van der Waals surface area contributed by atoms with Crippen LogP contribution in [-0.2, 0) is 4.74 Å². The summed E-state index contributed by atoms with van der Waals surface area (Å²) in [5.74, 6) is 0.945. The monoisotopic (exact) mass is 384 g/mol. The van der Waals surface area contributed by atoms with E-state index in [9.17, 15) is 0 Å². The van der Waals surface area contributed by atoms with Crippen molar-refractivity contribution in [1.82, 2.24) is 4.90 Å². The Labute approximate surface area is 134 Å². The number of rotatable bonds is 6. The number of nitrogens with two attached hydrogens (primary N) is 1. The lowest BCUT2D eigenvalue weighted by Gasteiger charge is -2.28. The second-order valence-electron chi connectivity index (χ2n) is 4.69. The maximum Gasteiger partial charge on any atom is 0.149 e. The fraction of sp³-hybridized carbons (Fsp3) is 0.375. The number of benzene rings is 1. The van der Waals surface area contributed by atoms with E-state index in [0.717, 1.165) is 25.3 Å². The van der Waals surface area contributed by atoms with Crippen LogP contribution >= 0.6 is 22.6 Å². The molecule has 0 saturated carbocycles. The molecule has 1 aromatic carbocycles. The first kappa shape index (κ1) is 15.4. The van der Waals surface area contributed by atoms with Gasteiger partial charge >= 0.3 is 0 Å². The Bertz CT molecular complexity index is 485. The summed E-state index contributed by atoms with van der Waals surface area (Å²) in [6.07, 6.45) is 5.05. The highest BCUT2D eigenvalue weighted by atomic mass is 127. The summed E-state index contributed by atoms with van der Waals surface area (Å²) in [4.78, 5) is 2.29. The van der Waals surface area contributed by atoms with Gasteiger partial charge in [0.15, 0.2) is 0 Å².